The number of hydrogen-bond donors (Lipinski definition) is 1. The third-order valence-electron chi connectivity index (χ3n) is 4.01. The Labute approximate surface area is 100 Å². The van der Waals surface area contributed by atoms with Crippen LogP contribution in [0.2, 0.25) is 0 Å². The van der Waals surface area contributed by atoms with E-state index in [9.17, 15) is 0 Å². The van der Waals surface area contributed by atoms with E-state index in [1.165, 1.54) is 58.5 Å². The monoisotopic (exact) mass is 225 g/mol. The molecule has 3 nitrogen and oxygen atoms in total. The van der Waals surface area contributed by atoms with Crippen LogP contribution < -0.4 is 5.32 Å². The van der Waals surface area contributed by atoms with Crippen LogP contribution in [0.3, 0.4) is 0 Å². The highest BCUT2D eigenvalue weighted by Crippen LogP contribution is 2.19. The zero-order valence-electron chi connectivity index (χ0n) is 10.9. The molecule has 2 saturated heterocycles. The number of piperidine rings is 1. The van der Waals surface area contributed by atoms with Crippen molar-refractivity contribution in [3.8, 4) is 0 Å². The van der Waals surface area contributed by atoms with Gasteiger partial charge in [-0.3, -0.25) is 0 Å². The molecular formula is C13H27N3. The average Bonchev–Trinajstić information content (AvgIpc) is 2.73. The Morgan fingerprint density at radius 3 is 2.44 bits per heavy atom. The number of nitrogens with zero attached hydrogens (tertiary/aromatic N) is 2. The van der Waals surface area contributed by atoms with Gasteiger partial charge in [0.25, 0.3) is 0 Å². The Hall–Kier alpha value is -0.120. The maximum absolute atomic E-state index is 3.46. The van der Waals surface area contributed by atoms with Gasteiger partial charge in [-0.1, -0.05) is 0 Å². The van der Waals surface area contributed by atoms with Crippen molar-refractivity contribution in [3.63, 3.8) is 0 Å². The average molecular weight is 225 g/mol. The van der Waals surface area contributed by atoms with Crippen molar-refractivity contribution in [1.82, 2.24) is 15.1 Å². The SMILES string of the molecule is CN(C)CC1CCN(CC2CCNC2)CC1. The highest BCUT2D eigenvalue weighted by molar-refractivity contribution is 4.79. The molecule has 0 radical (unpaired) electrons. The van der Waals surface area contributed by atoms with Crippen molar-refractivity contribution in [1.29, 1.82) is 0 Å². The van der Waals surface area contributed by atoms with Crippen LogP contribution in [0.5, 0.6) is 0 Å². The molecule has 2 aliphatic rings. The van der Waals surface area contributed by atoms with Crippen LogP contribution in [0.15, 0.2) is 0 Å². The summed E-state index contributed by atoms with van der Waals surface area (Å²) in [5, 5.41) is 3.46. The fraction of sp³-hybridized carbons (Fsp3) is 1.00. The second-order valence-corrected chi connectivity index (χ2v) is 5.87. The molecule has 2 fully saturated rings. The van der Waals surface area contributed by atoms with E-state index < -0.39 is 0 Å². The highest BCUT2D eigenvalue weighted by Gasteiger charge is 2.23. The van der Waals surface area contributed by atoms with Crippen molar-refractivity contribution in [2.45, 2.75) is 19.3 Å². The molecule has 0 bridgehead atoms. The minimum Gasteiger partial charge on any atom is -0.316 e. The van der Waals surface area contributed by atoms with Crippen molar-refractivity contribution in [3.05, 3.63) is 0 Å². The molecule has 0 aromatic rings. The van der Waals surface area contributed by atoms with Gasteiger partial charge in [0.05, 0.1) is 0 Å². The van der Waals surface area contributed by atoms with E-state index in [-0.39, 0.29) is 0 Å². The van der Waals surface area contributed by atoms with Crippen LogP contribution in [-0.4, -0.2) is 63.2 Å². The Balaban J connectivity index is 1.64. The van der Waals surface area contributed by atoms with Crippen molar-refractivity contribution >= 4 is 0 Å². The lowest BCUT2D eigenvalue weighted by Crippen LogP contribution is -2.39. The fourth-order valence-corrected chi connectivity index (χ4v) is 3.10. The minimum atomic E-state index is 0.922. The summed E-state index contributed by atoms with van der Waals surface area (Å²) in [6.45, 7) is 7.75. The van der Waals surface area contributed by atoms with Crippen LogP contribution in [0.4, 0.5) is 0 Å². The topological polar surface area (TPSA) is 18.5 Å². The highest BCUT2D eigenvalue weighted by atomic mass is 15.1. The molecule has 0 spiro atoms. The third kappa shape index (κ3) is 3.72. The third-order valence-corrected chi connectivity index (χ3v) is 4.01. The molecule has 16 heavy (non-hydrogen) atoms. The van der Waals surface area contributed by atoms with Crippen LogP contribution in [0.25, 0.3) is 0 Å². The van der Waals surface area contributed by atoms with Gasteiger partial charge < -0.3 is 15.1 Å². The van der Waals surface area contributed by atoms with Crippen LogP contribution in [0.1, 0.15) is 19.3 Å². The number of nitrogens with one attached hydrogen (secondary N) is 1. The van der Waals surface area contributed by atoms with Gasteiger partial charge in [-0.2, -0.15) is 0 Å². The normalized spacial score (nSPS) is 29.1. The van der Waals surface area contributed by atoms with Crippen LogP contribution >= 0.6 is 0 Å². The molecule has 1 N–H and O–H groups in total. The van der Waals surface area contributed by atoms with E-state index in [0.29, 0.717) is 0 Å². The molecular weight excluding hydrogens is 198 g/mol. The van der Waals surface area contributed by atoms with E-state index >= 15 is 0 Å². The van der Waals surface area contributed by atoms with Gasteiger partial charge in [-0.05, 0) is 71.4 Å². The van der Waals surface area contributed by atoms with E-state index in [0.717, 1.165) is 11.8 Å². The molecule has 0 amide bonds. The first-order valence-corrected chi connectivity index (χ1v) is 6.82. The van der Waals surface area contributed by atoms with Crippen molar-refractivity contribution in [2.75, 3.05) is 53.4 Å². The van der Waals surface area contributed by atoms with Gasteiger partial charge in [-0.15, -0.1) is 0 Å². The smallest absolute Gasteiger partial charge is 0.00223 e. The van der Waals surface area contributed by atoms with E-state index in [4.69, 9.17) is 0 Å². The van der Waals surface area contributed by atoms with Crippen LogP contribution in [0, 0.1) is 11.8 Å². The predicted molar refractivity (Wildman–Crippen MR) is 68.7 cm³/mol. The molecule has 0 aliphatic carbocycles. The predicted octanol–water partition coefficient (Wildman–Crippen LogP) is 0.869. The molecule has 2 aliphatic heterocycles. The summed E-state index contributed by atoms with van der Waals surface area (Å²) in [5.41, 5.74) is 0. The zero-order chi connectivity index (χ0) is 11.4. The Bertz CT molecular complexity index is 191. The first-order valence-electron chi connectivity index (χ1n) is 6.82. The quantitative estimate of drug-likeness (QED) is 0.766. The summed E-state index contributed by atoms with van der Waals surface area (Å²) < 4.78 is 0. The second kappa shape index (κ2) is 5.99. The van der Waals surface area contributed by atoms with Gasteiger partial charge in [0.15, 0.2) is 0 Å². The number of rotatable bonds is 4. The Morgan fingerprint density at radius 2 is 1.88 bits per heavy atom. The van der Waals surface area contributed by atoms with Crippen molar-refractivity contribution < 1.29 is 0 Å². The van der Waals surface area contributed by atoms with Crippen LogP contribution in [-0.2, 0) is 0 Å². The summed E-state index contributed by atoms with van der Waals surface area (Å²) in [6, 6.07) is 0. The first-order chi connectivity index (χ1) is 7.74. The van der Waals surface area contributed by atoms with E-state index in [2.05, 4.69) is 29.2 Å². The van der Waals surface area contributed by atoms with Gasteiger partial charge in [0.1, 0.15) is 0 Å². The first kappa shape index (κ1) is 12.3. The summed E-state index contributed by atoms with van der Waals surface area (Å²) in [7, 11) is 4.38. The Kier molecular flexibility index (Phi) is 4.62. The molecule has 0 saturated carbocycles. The largest absolute Gasteiger partial charge is 0.316 e. The summed E-state index contributed by atoms with van der Waals surface area (Å²) in [6.07, 6.45) is 4.19. The molecule has 94 valence electrons. The lowest BCUT2D eigenvalue weighted by atomic mass is 9.95. The molecule has 2 rings (SSSR count). The number of hydrogen-bond acceptors (Lipinski definition) is 3. The summed E-state index contributed by atoms with van der Waals surface area (Å²) >= 11 is 0. The Morgan fingerprint density at radius 1 is 1.12 bits per heavy atom. The van der Waals surface area contributed by atoms with Gasteiger partial charge in [0, 0.05) is 13.1 Å². The minimum absolute atomic E-state index is 0.922. The number of likely N-dealkylation sites (tertiary alicyclic amines) is 1. The lowest BCUT2D eigenvalue weighted by molar-refractivity contribution is 0.147. The molecule has 1 unspecified atom stereocenters. The molecule has 3 heteroatoms. The standard InChI is InChI=1S/C13H27N3/c1-15(2)10-12-4-7-16(8-5-12)11-13-3-6-14-9-13/h12-14H,3-11H2,1-2H3. The summed E-state index contributed by atoms with van der Waals surface area (Å²) in [5.74, 6) is 1.86. The lowest BCUT2D eigenvalue weighted by Gasteiger charge is -2.34. The zero-order valence-corrected chi connectivity index (χ0v) is 10.9. The van der Waals surface area contributed by atoms with E-state index in [1.54, 1.807) is 0 Å². The van der Waals surface area contributed by atoms with E-state index in [1.807, 2.05) is 0 Å². The molecule has 2 heterocycles. The van der Waals surface area contributed by atoms with Gasteiger partial charge >= 0.3 is 0 Å². The van der Waals surface area contributed by atoms with Crippen molar-refractivity contribution in [2.24, 2.45) is 11.8 Å². The molecule has 1 atom stereocenters. The molecule has 0 aromatic heterocycles. The fourth-order valence-electron chi connectivity index (χ4n) is 3.10. The second-order valence-electron chi connectivity index (χ2n) is 5.87. The van der Waals surface area contributed by atoms with Gasteiger partial charge in [-0.25, -0.2) is 0 Å². The maximum Gasteiger partial charge on any atom is 0.00223 e. The van der Waals surface area contributed by atoms with Gasteiger partial charge in [0.2, 0.25) is 0 Å². The summed E-state index contributed by atoms with van der Waals surface area (Å²) in [4.78, 5) is 5.02. The molecule has 0 aromatic carbocycles. The maximum atomic E-state index is 3.46.